The number of methoxy groups -OCH3 is 1. The molecular formula is C52H86O24. The van der Waals surface area contributed by atoms with Crippen LogP contribution in [0.4, 0.5) is 0 Å². The van der Waals surface area contributed by atoms with Gasteiger partial charge in [-0.2, -0.15) is 0 Å². The van der Waals surface area contributed by atoms with Crippen molar-refractivity contribution in [2.75, 3.05) is 33.5 Å². The molecule has 0 bridgehead atoms. The van der Waals surface area contributed by atoms with Crippen LogP contribution in [-0.4, -0.2) is 252 Å². The third kappa shape index (κ3) is 10.3. The summed E-state index contributed by atoms with van der Waals surface area (Å²) in [4.78, 5) is 0. The van der Waals surface area contributed by atoms with Gasteiger partial charge in [0, 0.05) is 31.3 Å². The molecule has 76 heavy (non-hydrogen) atoms. The summed E-state index contributed by atoms with van der Waals surface area (Å²) in [5, 5.41) is 149. The SMILES string of the molecule is COC1(CCC(C)COC2OC(CO)C(O)C(O)C2O)OC2CC3C4CC=C5CC(O)CC(OC6OC(CO)C(O)C(O)C6OC6OC(C)C(O)C(OC7OC(CO)C(O)C(O)C7O)C6O)C5(C)C4CCC3(C)C2C1C. The Balaban J connectivity index is 0.892. The van der Waals surface area contributed by atoms with E-state index in [0.29, 0.717) is 19.3 Å². The molecule has 0 aromatic rings. The van der Waals surface area contributed by atoms with Crippen LogP contribution >= 0.6 is 0 Å². The molecule has 24 nitrogen and oxygen atoms in total. The summed E-state index contributed by atoms with van der Waals surface area (Å²) in [6.07, 6.45) is -25.6. The quantitative estimate of drug-likeness (QED) is 0.0671. The van der Waals surface area contributed by atoms with Gasteiger partial charge in [0.1, 0.15) is 91.6 Å². The fraction of sp³-hybridized carbons (Fsp3) is 0.962. The van der Waals surface area contributed by atoms with Gasteiger partial charge in [0.05, 0.1) is 50.8 Å². The highest BCUT2D eigenvalue weighted by atomic mass is 16.8. The molecule has 0 amide bonds. The van der Waals surface area contributed by atoms with Crippen LogP contribution in [0.3, 0.4) is 0 Å². The van der Waals surface area contributed by atoms with Crippen LogP contribution in [0.2, 0.25) is 0 Å². The molecule has 24 heteroatoms. The first-order valence-electron chi connectivity index (χ1n) is 27.4. The van der Waals surface area contributed by atoms with Crippen molar-refractivity contribution >= 4 is 0 Å². The Bertz CT molecular complexity index is 1970. The standard InChI is InChI=1S/C52H86O24/c1-20(19-68-46-41(64)38(61)35(58)29(16-53)70-46)9-12-52(67-6)21(2)33-28(76-52)15-27-25-8-7-23-13-24(56)14-32(51(23,5)26(25)10-11-50(27,33)4)73-49-45(40(63)37(60)31(18-55)72-49)75-48-43(66)44(34(57)22(3)69-48)74-47-42(65)39(62)36(59)30(17-54)71-47/h7,20-22,24-49,53-66H,8-19H2,1-6H3. The van der Waals surface area contributed by atoms with Gasteiger partial charge in [-0.15, -0.1) is 0 Å². The molecule has 0 radical (unpaired) electrons. The first kappa shape index (κ1) is 59.4. The van der Waals surface area contributed by atoms with E-state index in [0.717, 1.165) is 31.3 Å². The minimum Gasteiger partial charge on any atom is -0.394 e. The van der Waals surface area contributed by atoms with E-state index in [1.54, 1.807) is 7.11 Å². The predicted molar refractivity (Wildman–Crippen MR) is 256 cm³/mol. The second kappa shape index (κ2) is 23.2. The van der Waals surface area contributed by atoms with E-state index in [4.69, 9.17) is 47.4 Å². The summed E-state index contributed by atoms with van der Waals surface area (Å²) < 4.78 is 61.4. The Morgan fingerprint density at radius 1 is 0.645 bits per heavy atom. The average molecular weight is 1100 g/mol. The summed E-state index contributed by atoms with van der Waals surface area (Å²) in [6, 6.07) is 0. The second-order valence-corrected chi connectivity index (χ2v) is 24.1. The Labute approximate surface area is 442 Å². The molecule has 5 aliphatic heterocycles. The lowest BCUT2D eigenvalue weighted by Gasteiger charge is -2.60. The summed E-state index contributed by atoms with van der Waals surface area (Å²) in [6.45, 7) is 8.32. The normalized spacial score (nSPS) is 54.8. The molecule has 5 heterocycles. The van der Waals surface area contributed by atoms with Crippen LogP contribution in [0.5, 0.6) is 0 Å². The second-order valence-electron chi connectivity index (χ2n) is 24.1. The highest BCUT2D eigenvalue weighted by molar-refractivity contribution is 5.29. The van der Waals surface area contributed by atoms with Crippen LogP contribution in [0.15, 0.2) is 11.6 Å². The topological polar surface area (TPSA) is 376 Å². The molecule has 0 aromatic carbocycles. The molecule has 32 unspecified atom stereocenters. The fourth-order valence-electron chi connectivity index (χ4n) is 15.4. The van der Waals surface area contributed by atoms with Crippen LogP contribution < -0.4 is 0 Å². The van der Waals surface area contributed by atoms with Gasteiger partial charge in [-0.05, 0) is 80.5 Å². The smallest absolute Gasteiger partial charge is 0.187 e. The van der Waals surface area contributed by atoms with Gasteiger partial charge in [0.15, 0.2) is 30.9 Å². The van der Waals surface area contributed by atoms with E-state index in [9.17, 15) is 71.5 Å². The molecule has 14 N–H and O–H groups in total. The predicted octanol–water partition coefficient (Wildman–Crippen LogP) is -3.38. The monoisotopic (exact) mass is 1090 g/mol. The van der Waals surface area contributed by atoms with Crippen molar-refractivity contribution < 1.29 is 119 Å². The maximum absolute atomic E-state index is 11.7. The zero-order chi connectivity index (χ0) is 55.1. The number of aliphatic hydroxyl groups is 14. The van der Waals surface area contributed by atoms with E-state index < -0.39 is 166 Å². The van der Waals surface area contributed by atoms with E-state index in [-0.39, 0.29) is 60.1 Å². The van der Waals surface area contributed by atoms with Gasteiger partial charge in [0.2, 0.25) is 0 Å². The molecule has 3 saturated carbocycles. The number of rotatable bonds is 16. The molecule has 0 spiro atoms. The van der Waals surface area contributed by atoms with E-state index in [2.05, 4.69) is 26.8 Å². The van der Waals surface area contributed by atoms with Gasteiger partial charge in [0.25, 0.3) is 0 Å². The molecule has 9 aliphatic rings. The Hall–Kier alpha value is -1.22. The highest BCUT2D eigenvalue weighted by Gasteiger charge is 2.69. The number of allylic oxidation sites excluding steroid dienone is 1. The summed E-state index contributed by atoms with van der Waals surface area (Å²) in [5.74, 6) is -0.263. The lowest BCUT2D eigenvalue weighted by atomic mass is 9.46. The average Bonchev–Trinajstić information content (AvgIpc) is 3.93. The summed E-state index contributed by atoms with van der Waals surface area (Å²) in [7, 11) is 1.68. The van der Waals surface area contributed by atoms with E-state index in [1.807, 2.05) is 6.92 Å². The molecule has 0 aromatic heterocycles. The number of hydrogen-bond acceptors (Lipinski definition) is 24. The van der Waals surface area contributed by atoms with E-state index in [1.165, 1.54) is 6.92 Å². The van der Waals surface area contributed by atoms with E-state index >= 15 is 0 Å². The lowest BCUT2D eigenvalue weighted by Crippen LogP contribution is -2.66. The number of hydrogen-bond donors (Lipinski definition) is 14. The molecule has 5 saturated heterocycles. The maximum Gasteiger partial charge on any atom is 0.187 e. The molecule has 32 atom stereocenters. The minimum atomic E-state index is -1.89. The van der Waals surface area contributed by atoms with Gasteiger partial charge in [-0.25, -0.2) is 0 Å². The Morgan fingerprint density at radius 2 is 1.22 bits per heavy atom. The van der Waals surface area contributed by atoms with Gasteiger partial charge < -0.3 is 119 Å². The van der Waals surface area contributed by atoms with Gasteiger partial charge in [-0.3, -0.25) is 0 Å². The third-order valence-corrected chi connectivity index (χ3v) is 19.9. The lowest BCUT2D eigenvalue weighted by molar-refractivity contribution is -0.388. The minimum absolute atomic E-state index is 0.00733. The van der Waals surface area contributed by atoms with Crippen LogP contribution in [-0.2, 0) is 47.4 Å². The van der Waals surface area contributed by atoms with Crippen molar-refractivity contribution in [3.63, 3.8) is 0 Å². The molecule has 4 aliphatic carbocycles. The van der Waals surface area contributed by atoms with Crippen molar-refractivity contribution in [2.45, 2.75) is 233 Å². The van der Waals surface area contributed by atoms with Gasteiger partial charge in [-0.1, -0.05) is 39.3 Å². The fourth-order valence-corrected chi connectivity index (χ4v) is 15.4. The Kier molecular flexibility index (Phi) is 18.1. The van der Waals surface area contributed by atoms with Gasteiger partial charge >= 0.3 is 0 Å². The molecular weight excluding hydrogens is 1010 g/mol. The number of ether oxygens (including phenoxy) is 10. The Morgan fingerprint density at radius 3 is 1.86 bits per heavy atom. The van der Waals surface area contributed by atoms with Crippen molar-refractivity contribution in [1.29, 1.82) is 0 Å². The maximum atomic E-state index is 11.7. The highest BCUT2D eigenvalue weighted by Crippen LogP contribution is 2.70. The first-order valence-corrected chi connectivity index (χ1v) is 27.4. The zero-order valence-corrected chi connectivity index (χ0v) is 44.1. The number of fused-ring (bicyclic) bond motifs is 7. The zero-order valence-electron chi connectivity index (χ0n) is 44.1. The van der Waals surface area contributed by atoms with Crippen molar-refractivity contribution in [3.8, 4) is 0 Å². The molecule has 9 rings (SSSR count). The van der Waals surface area contributed by atoms with Crippen molar-refractivity contribution in [3.05, 3.63) is 11.6 Å². The van der Waals surface area contributed by atoms with Crippen LogP contribution in [0.25, 0.3) is 0 Å². The van der Waals surface area contributed by atoms with Crippen molar-refractivity contribution in [1.82, 2.24) is 0 Å². The summed E-state index contributed by atoms with van der Waals surface area (Å²) in [5.41, 5.74) is 0.220. The third-order valence-electron chi connectivity index (χ3n) is 19.9. The van der Waals surface area contributed by atoms with Crippen molar-refractivity contribution in [2.24, 2.45) is 46.3 Å². The van der Waals surface area contributed by atoms with Crippen LogP contribution in [0.1, 0.15) is 86.0 Å². The first-order chi connectivity index (χ1) is 36.0. The largest absolute Gasteiger partial charge is 0.394 e. The van der Waals surface area contributed by atoms with Crippen LogP contribution in [0, 0.1) is 46.3 Å². The molecule has 438 valence electrons. The molecule has 8 fully saturated rings. The summed E-state index contributed by atoms with van der Waals surface area (Å²) >= 11 is 0. The number of aliphatic hydroxyl groups excluding tert-OH is 14.